The number of nitrogens with one attached hydrogen (secondary N) is 1. The quantitative estimate of drug-likeness (QED) is 0.823. The molecule has 0 saturated heterocycles. The van der Waals surface area contributed by atoms with Crippen molar-refractivity contribution in [3.63, 3.8) is 0 Å². The molecule has 2 N–H and O–H groups in total. The second-order valence-electron chi connectivity index (χ2n) is 5.58. The molecule has 1 atom stereocenters. The van der Waals surface area contributed by atoms with Crippen LogP contribution in [0, 0.1) is 0 Å². The first kappa shape index (κ1) is 15.4. The number of aliphatic hydroxyl groups is 1. The van der Waals surface area contributed by atoms with Gasteiger partial charge in [0, 0.05) is 18.5 Å². The lowest BCUT2D eigenvalue weighted by molar-refractivity contribution is -0.116. The highest BCUT2D eigenvalue weighted by molar-refractivity contribution is 7.81. The van der Waals surface area contributed by atoms with Crippen molar-refractivity contribution in [1.82, 2.24) is 0 Å². The van der Waals surface area contributed by atoms with E-state index in [1.807, 2.05) is 60.7 Å². The van der Waals surface area contributed by atoms with Gasteiger partial charge in [-0.15, -0.1) is 0 Å². The van der Waals surface area contributed by atoms with E-state index in [0.29, 0.717) is 12.8 Å². The number of benzene rings is 2. The summed E-state index contributed by atoms with van der Waals surface area (Å²) in [6.07, 6.45) is 0.793. The lowest BCUT2D eigenvalue weighted by Crippen LogP contribution is -2.26. The van der Waals surface area contributed by atoms with Crippen LogP contribution < -0.4 is 5.32 Å². The molecular formula is C19H17NO2S. The van der Waals surface area contributed by atoms with Crippen molar-refractivity contribution in [3.05, 3.63) is 77.6 Å². The van der Waals surface area contributed by atoms with Crippen molar-refractivity contribution >= 4 is 28.7 Å². The number of ketones is 1. The van der Waals surface area contributed by atoms with Gasteiger partial charge in [-0.05, 0) is 23.6 Å². The smallest absolute Gasteiger partial charge is 0.169 e. The van der Waals surface area contributed by atoms with Crippen molar-refractivity contribution in [3.8, 4) is 0 Å². The molecule has 0 heterocycles. The van der Waals surface area contributed by atoms with E-state index in [0.717, 1.165) is 11.3 Å². The summed E-state index contributed by atoms with van der Waals surface area (Å²) in [5, 5.41) is 13.4. The summed E-state index contributed by atoms with van der Waals surface area (Å²) in [5.41, 5.74) is 2.11. The molecular weight excluding hydrogens is 306 g/mol. The molecule has 0 aliphatic heterocycles. The standard InChI is InChI=1S/C19H17NO2S/c21-16-11-14(13-7-3-1-4-8-13)12-17(22)18(16)19(23)20-15-9-5-2-6-10-15/h1-10,14,21H,11-12H2,(H,20,23)/t14-/m1/s1. The van der Waals surface area contributed by atoms with E-state index in [1.54, 1.807) is 0 Å². The zero-order valence-electron chi connectivity index (χ0n) is 12.5. The molecule has 4 heteroatoms. The monoisotopic (exact) mass is 323 g/mol. The summed E-state index contributed by atoms with van der Waals surface area (Å²) in [7, 11) is 0. The Morgan fingerprint density at radius 2 is 1.61 bits per heavy atom. The average molecular weight is 323 g/mol. The van der Waals surface area contributed by atoms with E-state index >= 15 is 0 Å². The molecule has 0 saturated carbocycles. The molecule has 1 aliphatic rings. The van der Waals surface area contributed by atoms with Crippen molar-refractivity contribution < 1.29 is 9.90 Å². The summed E-state index contributed by atoms with van der Waals surface area (Å²) < 4.78 is 0. The number of aliphatic hydroxyl groups excluding tert-OH is 1. The van der Waals surface area contributed by atoms with Crippen LogP contribution in [0.3, 0.4) is 0 Å². The molecule has 0 bridgehead atoms. The molecule has 0 radical (unpaired) electrons. The minimum absolute atomic E-state index is 0.00646. The van der Waals surface area contributed by atoms with Gasteiger partial charge in [-0.2, -0.15) is 0 Å². The highest BCUT2D eigenvalue weighted by Crippen LogP contribution is 2.34. The van der Waals surface area contributed by atoms with E-state index in [9.17, 15) is 9.90 Å². The van der Waals surface area contributed by atoms with Crippen LogP contribution in [-0.4, -0.2) is 15.9 Å². The van der Waals surface area contributed by atoms with Gasteiger partial charge in [-0.1, -0.05) is 60.7 Å². The van der Waals surface area contributed by atoms with Crippen molar-refractivity contribution in [1.29, 1.82) is 0 Å². The number of allylic oxidation sites excluding steroid dienone is 1. The van der Waals surface area contributed by atoms with Gasteiger partial charge in [0.15, 0.2) is 5.78 Å². The normalized spacial score (nSPS) is 17.9. The van der Waals surface area contributed by atoms with Gasteiger partial charge in [-0.3, -0.25) is 4.79 Å². The topological polar surface area (TPSA) is 49.3 Å². The number of hydrogen-bond acceptors (Lipinski definition) is 3. The van der Waals surface area contributed by atoms with Gasteiger partial charge in [0.05, 0.1) is 5.57 Å². The Hall–Kier alpha value is -2.46. The third kappa shape index (κ3) is 3.48. The first-order valence-corrected chi connectivity index (χ1v) is 7.92. The average Bonchev–Trinajstić information content (AvgIpc) is 2.56. The summed E-state index contributed by atoms with van der Waals surface area (Å²) in [5.74, 6) is -0.0356. The molecule has 116 valence electrons. The zero-order valence-corrected chi connectivity index (χ0v) is 13.3. The lowest BCUT2D eigenvalue weighted by atomic mass is 9.82. The molecule has 3 rings (SSSR count). The number of para-hydroxylation sites is 1. The van der Waals surface area contributed by atoms with E-state index in [2.05, 4.69) is 5.32 Å². The summed E-state index contributed by atoms with van der Waals surface area (Å²) >= 11 is 5.32. The predicted molar refractivity (Wildman–Crippen MR) is 95.7 cm³/mol. The van der Waals surface area contributed by atoms with Crippen molar-refractivity contribution in [2.24, 2.45) is 0 Å². The number of Topliss-reactive ketones (excluding diaryl/α,β-unsaturated/α-hetero) is 1. The Balaban J connectivity index is 1.80. The molecule has 0 aromatic heterocycles. The first-order chi connectivity index (χ1) is 11.1. The Bertz CT molecular complexity index is 753. The zero-order chi connectivity index (χ0) is 16.2. The number of anilines is 1. The highest BCUT2D eigenvalue weighted by atomic mass is 32.1. The van der Waals surface area contributed by atoms with Gasteiger partial charge in [0.1, 0.15) is 10.7 Å². The fraction of sp³-hybridized carbons (Fsp3) is 0.158. The van der Waals surface area contributed by atoms with Crippen LogP contribution in [0.1, 0.15) is 24.3 Å². The Kier molecular flexibility index (Phi) is 4.53. The Labute approximate surface area is 140 Å². The van der Waals surface area contributed by atoms with Gasteiger partial charge in [-0.25, -0.2) is 0 Å². The van der Waals surface area contributed by atoms with E-state index in [4.69, 9.17) is 12.2 Å². The Morgan fingerprint density at radius 1 is 1.00 bits per heavy atom. The largest absolute Gasteiger partial charge is 0.511 e. The third-order valence-electron chi connectivity index (χ3n) is 3.97. The van der Waals surface area contributed by atoms with Gasteiger partial charge in [0.25, 0.3) is 0 Å². The second kappa shape index (κ2) is 6.75. The third-order valence-corrected chi connectivity index (χ3v) is 4.27. The highest BCUT2D eigenvalue weighted by Gasteiger charge is 2.30. The summed E-state index contributed by atoms with van der Waals surface area (Å²) in [6, 6.07) is 19.2. The maximum Gasteiger partial charge on any atom is 0.169 e. The molecule has 0 spiro atoms. The lowest BCUT2D eigenvalue weighted by Gasteiger charge is -2.24. The molecule has 0 fully saturated rings. The number of carbonyl (C=O) groups excluding carboxylic acids is 1. The van der Waals surface area contributed by atoms with Crippen molar-refractivity contribution in [2.75, 3.05) is 5.32 Å². The molecule has 0 amide bonds. The van der Waals surface area contributed by atoms with Crippen LogP contribution in [0.5, 0.6) is 0 Å². The van der Waals surface area contributed by atoms with Crippen LogP contribution in [0.2, 0.25) is 0 Å². The maximum absolute atomic E-state index is 12.5. The van der Waals surface area contributed by atoms with E-state index in [-0.39, 0.29) is 28.0 Å². The second-order valence-corrected chi connectivity index (χ2v) is 5.99. The minimum atomic E-state index is -0.115. The van der Waals surface area contributed by atoms with E-state index in [1.165, 1.54) is 0 Å². The van der Waals surface area contributed by atoms with E-state index < -0.39 is 0 Å². The van der Waals surface area contributed by atoms with Crippen LogP contribution in [-0.2, 0) is 4.79 Å². The number of hydrogen-bond donors (Lipinski definition) is 2. The molecule has 3 nitrogen and oxygen atoms in total. The fourth-order valence-corrected chi connectivity index (χ4v) is 3.18. The van der Waals surface area contributed by atoms with Crippen LogP contribution in [0.4, 0.5) is 5.69 Å². The Morgan fingerprint density at radius 3 is 2.22 bits per heavy atom. The first-order valence-electron chi connectivity index (χ1n) is 7.52. The summed E-state index contributed by atoms with van der Waals surface area (Å²) in [6.45, 7) is 0. The number of carbonyl (C=O) groups is 1. The summed E-state index contributed by atoms with van der Waals surface area (Å²) in [4.78, 5) is 12.8. The number of rotatable bonds is 3. The van der Waals surface area contributed by atoms with Gasteiger partial charge < -0.3 is 10.4 Å². The minimum Gasteiger partial charge on any atom is -0.511 e. The molecule has 0 unspecified atom stereocenters. The van der Waals surface area contributed by atoms with Crippen molar-refractivity contribution in [2.45, 2.75) is 18.8 Å². The molecule has 2 aromatic rings. The number of thiocarbonyl (C=S) groups is 1. The van der Waals surface area contributed by atoms with Crippen LogP contribution in [0.25, 0.3) is 0 Å². The molecule has 2 aromatic carbocycles. The predicted octanol–water partition coefficient (Wildman–Crippen LogP) is 4.38. The SMILES string of the molecule is O=C1C[C@H](c2ccccc2)CC(O)=C1C(=S)Nc1ccccc1. The van der Waals surface area contributed by atoms with Gasteiger partial charge >= 0.3 is 0 Å². The maximum atomic E-state index is 12.5. The fourth-order valence-electron chi connectivity index (χ4n) is 2.83. The molecule has 23 heavy (non-hydrogen) atoms. The van der Waals surface area contributed by atoms with Gasteiger partial charge in [0.2, 0.25) is 0 Å². The van der Waals surface area contributed by atoms with Crippen LogP contribution >= 0.6 is 12.2 Å². The van der Waals surface area contributed by atoms with Crippen LogP contribution in [0.15, 0.2) is 72.0 Å². The molecule has 1 aliphatic carbocycles.